The van der Waals surface area contributed by atoms with Gasteiger partial charge in [0.25, 0.3) is 0 Å². The summed E-state index contributed by atoms with van der Waals surface area (Å²) in [6.07, 6.45) is 3.35. The van der Waals surface area contributed by atoms with Gasteiger partial charge in [0.15, 0.2) is 0 Å². The number of methoxy groups -OCH3 is 1. The first kappa shape index (κ1) is 13.4. The van der Waals surface area contributed by atoms with Gasteiger partial charge in [-0.05, 0) is 49.4 Å². The molecule has 0 atom stereocenters. The van der Waals surface area contributed by atoms with Crippen molar-refractivity contribution in [2.24, 2.45) is 0 Å². The Balaban J connectivity index is 1.95. The molecule has 1 heterocycles. The van der Waals surface area contributed by atoms with Gasteiger partial charge in [0, 0.05) is 21.5 Å². The smallest absolute Gasteiger partial charge is 0.248 e. The summed E-state index contributed by atoms with van der Waals surface area (Å²) in [5.41, 5.74) is 0.748. The summed E-state index contributed by atoms with van der Waals surface area (Å²) < 4.78 is 5.06. The van der Waals surface area contributed by atoms with Crippen LogP contribution in [-0.2, 0) is 4.79 Å². The fourth-order valence-electron chi connectivity index (χ4n) is 1.56. The van der Waals surface area contributed by atoms with Gasteiger partial charge in [0.1, 0.15) is 5.75 Å². The quantitative estimate of drug-likeness (QED) is 0.862. The summed E-state index contributed by atoms with van der Waals surface area (Å²) >= 11 is 1.66. The van der Waals surface area contributed by atoms with E-state index < -0.39 is 0 Å². The van der Waals surface area contributed by atoms with Crippen LogP contribution in [0.4, 0.5) is 5.69 Å². The van der Waals surface area contributed by atoms with Crippen molar-refractivity contribution in [3.05, 3.63) is 52.2 Å². The summed E-state index contributed by atoms with van der Waals surface area (Å²) in [4.78, 5) is 14.0. The van der Waals surface area contributed by atoms with Crippen LogP contribution in [0.5, 0.6) is 5.75 Å². The van der Waals surface area contributed by atoms with E-state index in [0.29, 0.717) is 0 Å². The van der Waals surface area contributed by atoms with E-state index >= 15 is 0 Å². The highest BCUT2D eigenvalue weighted by Gasteiger charge is 1.99. The van der Waals surface area contributed by atoms with Gasteiger partial charge in [-0.25, -0.2) is 0 Å². The van der Waals surface area contributed by atoms with E-state index in [9.17, 15) is 4.79 Å². The third kappa shape index (κ3) is 3.96. The molecule has 2 rings (SSSR count). The maximum Gasteiger partial charge on any atom is 0.248 e. The largest absolute Gasteiger partial charge is 0.497 e. The van der Waals surface area contributed by atoms with Crippen LogP contribution < -0.4 is 10.1 Å². The van der Waals surface area contributed by atoms with Crippen molar-refractivity contribution in [3.8, 4) is 5.75 Å². The number of aryl methyl sites for hydroxylation is 1. The lowest BCUT2D eigenvalue weighted by Gasteiger charge is -2.03. The molecule has 4 heteroatoms. The molecule has 0 aliphatic rings. The van der Waals surface area contributed by atoms with Crippen LogP contribution in [0.3, 0.4) is 0 Å². The Hall–Kier alpha value is -2.07. The number of amides is 1. The molecular weight excluding hydrogens is 258 g/mol. The van der Waals surface area contributed by atoms with Crippen LogP contribution in [0.15, 0.2) is 42.5 Å². The van der Waals surface area contributed by atoms with Gasteiger partial charge in [-0.2, -0.15) is 0 Å². The van der Waals surface area contributed by atoms with E-state index in [1.807, 2.05) is 37.3 Å². The van der Waals surface area contributed by atoms with Gasteiger partial charge in [-0.15, -0.1) is 11.3 Å². The molecule has 0 saturated carbocycles. The average Bonchev–Trinajstić information content (AvgIpc) is 2.83. The van der Waals surface area contributed by atoms with Gasteiger partial charge in [-0.1, -0.05) is 0 Å². The maximum absolute atomic E-state index is 11.7. The van der Waals surface area contributed by atoms with E-state index in [-0.39, 0.29) is 5.91 Å². The SMILES string of the molecule is COc1ccc(NC(=O)/C=C/c2ccc(C)s2)cc1. The molecule has 0 bridgehead atoms. The monoisotopic (exact) mass is 273 g/mol. The predicted molar refractivity (Wildman–Crippen MR) is 79.7 cm³/mol. The molecule has 0 aliphatic carbocycles. The molecule has 0 saturated heterocycles. The zero-order valence-electron chi connectivity index (χ0n) is 10.8. The number of rotatable bonds is 4. The Morgan fingerprint density at radius 2 is 1.95 bits per heavy atom. The number of nitrogens with one attached hydrogen (secondary N) is 1. The maximum atomic E-state index is 11.7. The summed E-state index contributed by atoms with van der Waals surface area (Å²) in [6, 6.07) is 11.3. The molecule has 0 radical (unpaired) electrons. The first-order valence-electron chi connectivity index (χ1n) is 5.87. The number of thiophene rings is 1. The second kappa shape index (κ2) is 6.20. The minimum atomic E-state index is -0.142. The predicted octanol–water partition coefficient (Wildman–Crippen LogP) is 3.72. The van der Waals surface area contributed by atoms with E-state index in [1.165, 1.54) is 11.0 Å². The first-order valence-corrected chi connectivity index (χ1v) is 6.68. The van der Waals surface area contributed by atoms with Crippen molar-refractivity contribution < 1.29 is 9.53 Å². The van der Waals surface area contributed by atoms with E-state index in [2.05, 4.69) is 5.32 Å². The normalized spacial score (nSPS) is 10.6. The van der Waals surface area contributed by atoms with Crippen molar-refractivity contribution in [2.45, 2.75) is 6.92 Å². The molecule has 1 aromatic carbocycles. The van der Waals surface area contributed by atoms with Crippen LogP contribution in [0, 0.1) is 6.92 Å². The number of anilines is 1. The molecule has 3 nitrogen and oxygen atoms in total. The van der Waals surface area contributed by atoms with Crippen LogP contribution in [-0.4, -0.2) is 13.0 Å². The molecule has 1 aromatic heterocycles. The number of hydrogen-bond acceptors (Lipinski definition) is 3. The highest BCUT2D eigenvalue weighted by atomic mass is 32.1. The lowest BCUT2D eigenvalue weighted by Crippen LogP contribution is -2.07. The Morgan fingerprint density at radius 3 is 2.53 bits per heavy atom. The van der Waals surface area contributed by atoms with Crippen LogP contribution in [0.25, 0.3) is 6.08 Å². The lowest BCUT2D eigenvalue weighted by molar-refractivity contribution is -0.111. The van der Waals surface area contributed by atoms with Crippen LogP contribution in [0.2, 0.25) is 0 Å². The van der Waals surface area contributed by atoms with Crippen molar-refractivity contribution in [1.82, 2.24) is 0 Å². The van der Waals surface area contributed by atoms with Gasteiger partial charge in [0.05, 0.1) is 7.11 Å². The second-order valence-corrected chi connectivity index (χ2v) is 5.32. The van der Waals surface area contributed by atoms with E-state index in [0.717, 1.165) is 16.3 Å². The van der Waals surface area contributed by atoms with Crippen LogP contribution in [0.1, 0.15) is 9.75 Å². The van der Waals surface area contributed by atoms with Gasteiger partial charge in [-0.3, -0.25) is 4.79 Å². The Bertz CT molecular complexity index is 584. The highest BCUT2D eigenvalue weighted by molar-refractivity contribution is 7.12. The number of benzene rings is 1. The van der Waals surface area contributed by atoms with Gasteiger partial charge >= 0.3 is 0 Å². The van der Waals surface area contributed by atoms with E-state index in [4.69, 9.17) is 4.74 Å². The number of ether oxygens (including phenoxy) is 1. The fraction of sp³-hybridized carbons (Fsp3) is 0.133. The summed E-state index contributed by atoms with van der Waals surface area (Å²) in [5, 5.41) is 2.79. The minimum absolute atomic E-state index is 0.142. The molecule has 0 unspecified atom stereocenters. The molecule has 2 aromatic rings. The molecular formula is C15H15NO2S. The zero-order chi connectivity index (χ0) is 13.7. The average molecular weight is 273 g/mol. The second-order valence-electron chi connectivity index (χ2n) is 4.00. The number of carbonyl (C=O) groups is 1. The van der Waals surface area contributed by atoms with Gasteiger partial charge < -0.3 is 10.1 Å². The topological polar surface area (TPSA) is 38.3 Å². The van der Waals surface area contributed by atoms with Crippen molar-refractivity contribution in [3.63, 3.8) is 0 Å². The van der Waals surface area contributed by atoms with Gasteiger partial charge in [0.2, 0.25) is 5.91 Å². The minimum Gasteiger partial charge on any atom is -0.497 e. The third-order valence-corrected chi connectivity index (χ3v) is 3.48. The molecule has 1 amide bonds. The molecule has 19 heavy (non-hydrogen) atoms. The van der Waals surface area contributed by atoms with Crippen molar-refractivity contribution >= 4 is 29.0 Å². The highest BCUT2D eigenvalue weighted by Crippen LogP contribution is 2.17. The molecule has 0 fully saturated rings. The summed E-state index contributed by atoms with van der Waals surface area (Å²) in [5.74, 6) is 0.624. The lowest BCUT2D eigenvalue weighted by atomic mass is 10.3. The molecule has 0 aliphatic heterocycles. The Labute approximate surface area is 116 Å². The van der Waals surface area contributed by atoms with Crippen molar-refractivity contribution in [2.75, 3.05) is 12.4 Å². The van der Waals surface area contributed by atoms with E-state index in [1.54, 1.807) is 30.6 Å². The van der Waals surface area contributed by atoms with Crippen molar-refractivity contribution in [1.29, 1.82) is 0 Å². The summed E-state index contributed by atoms with van der Waals surface area (Å²) in [7, 11) is 1.61. The standard InChI is InChI=1S/C15H15NO2S/c1-11-3-8-14(19-11)9-10-15(17)16-12-4-6-13(18-2)7-5-12/h3-10H,1-2H3,(H,16,17)/b10-9+. The van der Waals surface area contributed by atoms with Crippen LogP contribution >= 0.6 is 11.3 Å². The number of carbonyl (C=O) groups excluding carboxylic acids is 1. The molecule has 1 N–H and O–H groups in total. The number of hydrogen-bond donors (Lipinski definition) is 1. The Kier molecular flexibility index (Phi) is 4.36. The molecule has 0 spiro atoms. The first-order chi connectivity index (χ1) is 9.17. The summed E-state index contributed by atoms with van der Waals surface area (Å²) in [6.45, 7) is 2.04. The molecule has 98 valence electrons. The fourth-order valence-corrected chi connectivity index (χ4v) is 2.34. The Morgan fingerprint density at radius 1 is 1.21 bits per heavy atom. The zero-order valence-corrected chi connectivity index (χ0v) is 11.7. The third-order valence-electron chi connectivity index (χ3n) is 2.52.